The van der Waals surface area contributed by atoms with Crippen molar-refractivity contribution in [1.29, 1.82) is 0 Å². The molecule has 80 valence electrons. The maximum atomic E-state index is 5.59. The van der Waals surface area contributed by atoms with Gasteiger partial charge >= 0.3 is 0 Å². The third-order valence-electron chi connectivity index (χ3n) is 1.94. The van der Waals surface area contributed by atoms with Gasteiger partial charge < -0.3 is 15.4 Å². The summed E-state index contributed by atoms with van der Waals surface area (Å²) in [7, 11) is 0. The molecule has 0 spiro atoms. The molecular weight excluding hydrogens is 196 g/mol. The Labute approximate surface area is 90.0 Å². The minimum atomic E-state index is 0.823. The van der Waals surface area contributed by atoms with E-state index in [1.165, 1.54) is 5.03 Å². The van der Waals surface area contributed by atoms with Crippen molar-refractivity contribution in [3.63, 3.8) is 0 Å². The number of allylic oxidation sites excluding steroid dienone is 2. The Hall–Kier alpha value is -0.610. The van der Waals surface area contributed by atoms with Gasteiger partial charge in [-0.25, -0.2) is 0 Å². The van der Waals surface area contributed by atoms with Crippen LogP contribution >= 0.6 is 11.8 Å². The van der Waals surface area contributed by atoms with Gasteiger partial charge in [0.2, 0.25) is 0 Å². The Morgan fingerprint density at radius 1 is 1.43 bits per heavy atom. The van der Waals surface area contributed by atoms with Gasteiger partial charge in [-0.2, -0.15) is 0 Å². The topological polar surface area (TPSA) is 38.5 Å². The van der Waals surface area contributed by atoms with Crippen molar-refractivity contribution >= 4 is 11.8 Å². The standard InChI is InChI=1S/C10H18N2OS/c1-3-10(14-8-9(2)11)12-4-6-13-7-5-12/h3,8H,4-7,11H2,1-2H3/b9-8-,10-3-. The van der Waals surface area contributed by atoms with E-state index in [-0.39, 0.29) is 0 Å². The fourth-order valence-electron chi connectivity index (χ4n) is 1.26. The maximum Gasteiger partial charge on any atom is 0.0708 e. The van der Waals surface area contributed by atoms with Crippen LogP contribution in [0.3, 0.4) is 0 Å². The van der Waals surface area contributed by atoms with E-state index in [9.17, 15) is 0 Å². The first-order valence-electron chi connectivity index (χ1n) is 4.82. The molecule has 0 unspecified atom stereocenters. The molecule has 4 heteroatoms. The van der Waals surface area contributed by atoms with E-state index < -0.39 is 0 Å². The normalized spacial score (nSPS) is 20.0. The molecule has 1 aliphatic rings. The number of rotatable bonds is 3. The highest BCUT2D eigenvalue weighted by Crippen LogP contribution is 2.22. The average Bonchev–Trinajstić information content (AvgIpc) is 2.20. The molecule has 0 saturated carbocycles. The predicted molar refractivity (Wildman–Crippen MR) is 61.7 cm³/mol. The van der Waals surface area contributed by atoms with Gasteiger partial charge in [-0.15, -0.1) is 0 Å². The van der Waals surface area contributed by atoms with E-state index in [4.69, 9.17) is 10.5 Å². The number of nitrogens with two attached hydrogens (primary N) is 1. The molecule has 0 aromatic rings. The molecule has 0 atom stereocenters. The first kappa shape index (κ1) is 11.5. The summed E-state index contributed by atoms with van der Waals surface area (Å²) in [5.41, 5.74) is 6.44. The fraction of sp³-hybridized carbons (Fsp3) is 0.600. The van der Waals surface area contributed by atoms with E-state index in [0.717, 1.165) is 32.0 Å². The Kier molecular flexibility index (Phi) is 4.90. The second-order valence-corrected chi connectivity index (χ2v) is 4.10. The monoisotopic (exact) mass is 214 g/mol. The molecular formula is C10H18N2OS. The SMILES string of the molecule is C/C=C(\S/C=C(/C)N)N1CCOCC1. The molecule has 1 aliphatic heterocycles. The van der Waals surface area contributed by atoms with Gasteiger partial charge in [0.15, 0.2) is 0 Å². The summed E-state index contributed by atoms with van der Waals surface area (Å²) in [5.74, 6) is 0. The van der Waals surface area contributed by atoms with Gasteiger partial charge in [-0.05, 0) is 19.3 Å². The number of hydrogen-bond donors (Lipinski definition) is 1. The Balaban J connectivity index is 2.49. The Morgan fingerprint density at radius 3 is 2.57 bits per heavy atom. The number of hydrogen-bond acceptors (Lipinski definition) is 4. The summed E-state index contributed by atoms with van der Waals surface area (Å²) in [5, 5.41) is 3.24. The molecule has 2 N–H and O–H groups in total. The van der Waals surface area contributed by atoms with Crippen LogP contribution in [0.25, 0.3) is 0 Å². The minimum Gasteiger partial charge on any atom is -0.402 e. The molecule has 0 aromatic carbocycles. The molecule has 1 rings (SSSR count). The first-order valence-corrected chi connectivity index (χ1v) is 5.70. The second kappa shape index (κ2) is 5.98. The lowest BCUT2D eigenvalue weighted by Crippen LogP contribution is -2.34. The zero-order chi connectivity index (χ0) is 10.4. The molecule has 0 bridgehead atoms. The Morgan fingerprint density at radius 2 is 2.07 bits per heavy atom. The van der Waals surface area contributed by atoms with Gasteiger partial charge in [0.1, 0.15) is 0 Å². The van der Waals surface area contributed by atoms with Crippen LogP contribution in [0.1, 0.15) is 13.8 Å². The molecule has 3 nitrogen and oxygen atoms in total. The molecule has 0 radical (unpaired) electrons. The predicted octanol–water partition coefficient (Wildman–Crippen LogP) is 1.73. The van der Waals surface area contributed by atoms with Crippen molar-refractivity contribution in [3.8, 4) is 0 Å². The number of ether oxygens (including phenoxy) is 1. The summed E-state index contributed by atoms with van der Waals surface area (Å²) in [6.45, 7) is 7.55. The Bertz CT molecular complexity index is 228. The highest BCUT2D eigenvalue weighted by Gasteiger charge is 2.12. The molecule has 1 saturated heterocycles. The molecule has 0 aromatic heterocycles. The van der Waals surface area contributed by atoms with Crippen LogP contribution < -0.4 is 5.73 Å². The lowest BCUT2D eigenvalue weighted by atomic mass is 10.4. The van der Waals surface area contributed by atoms with Crippen molar-refractivity contribution in [1.82, 2.24) is 4.90 Å². The highest BCUT2D eigenvalue weighted by atomic mass is 32.2. The van der Waals surface area contributed by atoms with Gasteiger partial charge in [0.05, 0.1) is 18.2 Å². The van der Waals surface area contributed by atoms with Crippen LogP contribution in [-0.2, 0) is 4.74 Å². The molecule has 0 aliphatic carbocycles. The fourth-order valence-corrected chi connectivity index (χ4v) is 2.04. The first-order chi connectivity index (χ1) is 6.74. The van der Waals surface area contributed by atoms with Crippen LogP contribution in [0.15, 0.2) is 22.2 Å². The van der Waals surface area contributed by atoms with Gasteiger partial charge in [-0.3, -0.25) is 0 Å². The number of morpholine rings is 1. The van der Waals surface area contributed by atoms with Gasteiger partial charge in [0, 0.05) is 18.8 Å². The van der Waals surface area contributed by atoms with E-state index >= 15 is 0 Å². The molecule has 0 amide bonds. The smallest absolute Gasteiger partial charge is 0.0708 e. The third-order valence-corrected chi connectivity index (χ3v) is 3.16. The van der Waals surface area contributed by atoms with Crippen LogP contribution in [-0.4, -0.2) is 31.2 Å². The summed E-state index contributed by atoms with van der Waals surface area (Å²) in [6.07, 6.45) is 2.12. The van der Waals surface area contributed by atoms with Gasteiger partial charge in [0.25, 0.3) is 0 Å². The van der Waals surface area contributed by atoms with E-state index in [1.807, 2.05) is 12.3 Å². The average molecular weight is 214 g/mol. The number of thioether (sulfide) groups is 1. The maximum absolute atomic E-state index is 5.59. The zero-order valence-corrected chi connectivity index (χ0v) is 9.64. The highest BCUT2D eigenvalue weighted by molar-refractivity contribution is 8.05. The van der Waals surface area contributed by atoms with Crippen LogP contribution in [0.4, 0.5) is 0 Å². The zero-order valence-electron chi connectivity index (χ0n) is 8.82. The lowest BCUT2D eigenvalue weighted by Gasteiger charge is -2.29. The molecule has 1 fully saturated rings. The second-order valence-electron chi connectivity index (χ2n) is 3.21. The summed E-state index contributed by atoms with van der Waals surface area (Å²) >= 11 is 1.68. The summed E-state index contributed by atoms with van der Waals surface area (Å²) in [6, 6.07) is 0. The van der Waals surface area contributed by atoms with Crippen molar-refractivity contribution < 1.29 is 4.74 Å². The van der Waals surface area contributed by atoms with E-state index in [1.54, 1.807) is 11.8 Å². The summed E-state index contributed by atoms with van der Waals surface area (Å²) < 4.78 is 5.30. The van der Waals surface area contributed by atoms with Gasteiger partial charge in [-0.1, -0.05) is 17.8 Å². The van der Waals surface area contributed by atoms with Crippen LogP contribution in [0, 0.1) is 0 Å². The van der Waals surface area contributed by atoms with Crippen LogP contribution in [0.2, 0.25) is 0 Å². The van der Waals surface area contributed by atoms with Crippen molar-refractivity contribution in [2.24, 2.45) is 5.73 Å². The molecule has 14 heavy (non-hydrogen) atoms. The number of nitrogens with zero attached hydrogens (tertiary/aromatic N) is 1. The van der Waals surface area contributed by atoms with Crippen molar-refractivity contribution in [2.45, 2.75) is 13.8 Å². The van der Waals surface area contributed by atoms with Crippen molar-refractivity contribution in [3.05, 3.63) is 22.2 Å². The van der Waals surface area contributed by atoms with Crippen molar-refractivity contribution in [2.75, 3.05) is 26.3 Å². The van der Waals surface area contributed by atoms with E-state index in [0.29, 0.717) is 0 Å². The van der Waals surface area contributed by atoms with Crippen LogP contribution in [0.5, 0.6) is 0 Å². The molecule has 1 heterocycles. The largest absolute Gasteiger partial charge is 0.402 e. The van der Waals surface area contributed by atoms with E-state index in [2.05, 4.69) is 17.9 Å². The minimum absolute atomic E-state index is 0.823. The summed E-state index contributed by atoms with van der Waals surface area (Å²) in [4.78, 5) is 2.33. The third kappa shape index (κ3) is 3.64. The quantitative estimate of drug-likeness (QED) is 0.776. The lowest BCUT2D eigenvalue weighted by molar-refractivity contribution is 0.0576.